The molecule has 2 rings (SSSR count). The van der Waals surface area contributed by atoms with E-state index >= 15 is 0 Å². The lowest BCUT2D eigenvalue weighted by Crippen LogP contribution is -2.33. The Morgan fingerprint density at radius 1 is 1.47 bits per heavy atom. The molecule has 19 heavy (non-hydrogen) atoms. The third-order valence-corrected chi connectivity index (χ3v) is 2.88. The highest BCUT2D eigenvalue weighted by atomic mass is 16.6. The second kappa shape index (κ2) is 5.45. The molecule has 0 aliphatic carbocycles. The molecule has 4 N–H and O–H groups in total. The van der Waals surface area contributed by atoms with Crippen molar-refractivity contribution < 1.29 is 30.1 Å². The van der Waals surface area contributed by atoms with Crippen molar-refractivity contribution in [3.05, 3.63) is 23.6 Å². The van der Waals surface area contributed by atoms with Gasteiger partial charge in [0.05, 0.1) is 6.61 Å². The molecule has 1 saturated heterocycles. The minimum Gasteiger partial charge on any atom is -0.409 e. The zero-order chi connectivity index (χ0) is 14.0. The maximum Gasteiger partial charge on any atom is 0.194 e. The van der Waals surface area contributed by atoms with Crippen LogP contribution in [0.15, 0.2) is 17.4 Å². The second-order valence-corrected chi connectivity index (χ2v) is 4.00. The first kappa shape index (κ1) is 13.6. The monoisotopic (exact) mass is 271 g/mol. The molecule has 1 fully saturated rings. The summed E-state index contributed by atoms with van der Waals surface area (Å²) in [5.41, 5.74) is -0.0786. The number of aromatic nitrogens is 2. The van der Waals surface area contributed by atoms with E-state index in [2.05, 4.69) is 10.1 Å². The summed E-state index contributed by atoms with van der Waals surface area (Å²) in [6, 6.07) is 1.29. The first-order valence-corrected chi connectivity index (χ1v) is 5.47. The molecule has 9 heteroatoms. The summed E-state index contributed by atoms with van der Waals surface area (Å²) in [4.78, 5) is 14.6. The van der Waals surface area contributed by atoms with Gasteiger partial charge >= 0.3 is 0 Å². The minimum absolute atomic E-state index is 0.0786. The number of aliphatic hydroxyl groups is 3. The van der Waals surface area contributed by atoms with Gasteiger partial charge < -0.3 is 29.8 Å². The van der Waals surface area contributed by atoms with Crippen LogP contribution in [0, 0.1) is 0 Å². The van der Waals surface area contributed by atoms with Gasteiger partial charge in [-0.1, -0.05) is 5.16 Å². The largest absolute Gasteiger partial charge is 0.409 e. The van der Waals surface area contributed by atoms with Crippen LogP contribution in [0.2, 0.25) is 0 Å². The van der Waals surface area contributed by atoms with Crippen LogP contribution in [-0.4, -0.2) is 61.3 Å². The number of carbonyl (C=O) groups excluding carboxylic acids is 1. The molecule has 4 atom stereocenters. The third kappa shape index (κ3) is 2.36. The highest BCUT2D eigenvalue weighted by molar-refractivity contribution is 5.68. The SMILES string of the molecule is O=Cc1nc(=NO)ccn1[C@@H]1O[C@H](CO)[C@@H](O)[C@H]1O. The van der Waals surface area contributed by atoms with Gasteiger partial charge in [0.15, 0.2) is 23.8 Å². The van der Waals surface area contributed by atoms with Crippen LogP contribution in [0.3, 0.4) is 0 Å². The third-order valence-electron chi connectivity index (χ3n) is 2.88. The van der Waals surface area contributed by atoms with Gasteiger partial charge in [0.1, 0.15) is 18.3 Å². The van der Waals surface area contributed by atoms with Crippen LogP contribution in [0.25, 0.3) is 0 Å². The number of aldehydes is 1. The van der Waals surface area contributed by atoms with Gasteiger partial charge in [-0.05, 0) is 0 Å². The number of ether oxygens (including phenoxy) is 1. The molecule has 2 heterocycles. The highest BCUT2D eigenvalue weighted by Gasteiger charge is 2.43. The Kier molecular flexibility index (Phi) is 3.90. The van der Waals surface area contributed by atoms with E-state index in [9.17, 15) is 15.0 Å². The fraction of sp³-hybridized carbons (Fsp3) is 0.500. The minimum atomic E-state index is -1.32. The molecule has 1 aliphatic rings. The van der Waals surface area contributed by atoms with Crippen molar-refractivity contribution in [2.45, 2.75) is 24.5 Å². The van der Waals surface area contributed by atoms with Gasteiger partial charge in [-0.15, -0.1) is 0 Å². The van der Waals surface area contributed by atoms with Crippen molar-refractivity contribution in [3.8, 4) is 0 Å². The lowest BCUT2D eigenvalue weighted by atomic mass is 10.1. The van der Waals surface area contributed by atoms with Crippen molar-refractivity contribution in [2.75, 3.05) is 6.61 Å². The van der Waals surface area contributed by atoms with E-state index < -0.39 is 31.1 Å². The average molecular weight is 271 g/mol. The fourth-order valence-electron chi connectivity index (χ4n) is 1.90. The highest BCUT2D eigenvalue weighted by Crippen LogP contribution is 2.29. The Balaban J connectivity index is 2.40. The second-order valence-electron chi connectivity index (χ2n) is 4.00. The van der Waals surface area contributed by atoms with Crippen LogP contribution in [0.5, 0.6) is 0 Å². The van der Waals surface area contributed by atoms with E-state index in [4.69, 9.17) is 15.1 Å². The summed E-state index contributed by atoms with van der Waals surface area (Å²) in [6.07, 6.45) is -2.89. The molecular weight excluding hydrogens is 258 g/mol. The van der Waals surface area contributed by atoms with E-state index in [0.717, 1.165) is 0 Å². The van der Waals surface area contributed by atoms with Crippen LogP contribution in [0.1, 0.15) is 16.8 Å². The molecule has 0 amide bonds. The van der Waals surface area contributed by atoms with Crippen LogP contribution in [-0.2, 0) is 4.74 Å². The number of hydrogen-bond donors (Lipinski definition) is 4. The average Bonchev–Trinajstić information content (AvgIpc) is 2.74. The zero-order valence-corrected chi connectivity index (χ0v) is 9.70. The fourth-order valence-corrected chi connectivity index (χ4v) is 1.90. The van der Waals surface area contributed by atoms with Crippen molar-refractivity contribution in [1.82, 2.24) is 9.55 Å². The van der Waals surface area contributed by atoms with E-state index in [1.807, 2.05) is 0 Å². The lowest BCUT2D eigenvalue weighted by molar-refractivity contribution is -0.0540. The summed E-state index contributed by atoms with van der Waals surface area (Å²) in [7, 11) is 0. The molecule has 0 unspecified atom stereocenters. The van der Waals surface area contributed by atoms with Crippen LogP contribution >= 0.6 is 0 Å². The molecule has 0 saturated carbocycles. The number of hydrogen-bond acceptors (Lipinski definition) is 8. The summed E-state index contributed by atoms with van der Waals surface area (Å²) < 4.78 is 6.44. The standard InChI is InChI=1S/C10H13N3O6/c14-3-5-8(16)9(17)10(19-5)13-2-1-6(12-18)11-7(13)4-15/h1-2,4-5,8-10,14,16-18H,3H2/t5-,8-,9-,10-/m1/s1. The van der Waals surface area contributed by atoms with E-state index in [1.54, 1.807) is 0 Å². The van der Waals surface area contributed by atoms with Gasteiger partial charge in [0.25, 0.3) is 0 Å². The summed E-state index contributed by atoms with van der Waals surface area (Å²) in [5.74, 6) is -0.148. The van der Waals surface area contributed by atoms with Gasteiger partial charge in [-0.2, -0.15) is 0 Å². The van der Waals surface area contributed by atoms with Crippen molar-refractivity contribution in [2.24, 2.45) is 5.16 Å². The molecule has 0 aromatic carbocycles. The van der Waals surface area contributed by atoms with Gasteiger partial charge in [-0.3, -0.25) is 4.79 Å². The topological polar surface area (TPSA) is 137 Å². The zero-order valence-electron chi connectivity index (χ0n) is 9.70. The van der Waals surface area contributed by atoms with Gasteiger partial charge in [0.2, 0.25) is 0 Å². The first-order chi connectivity index (χ1) is 9.12. The Hall–Kier alpha value is -1.81. The van der Waals surface area contributed by atoms with E-state index in [1.165, 1.54) is 16.8 Å². The Morgan fingerprint density at radius 3 is 2.74 bits per heavy atom. The van der Waals surface area contributed by atoms with Crippen LogP contribution in [0.4, 0.5) is 0 Å². The maximum absolute atomic E-state index is 10.9. The van der Waals surface area contributed by atoms with Crippen LogP contribution < -0.4 is 5.49 Å². The van der Waals surface area contributed by atoms with Gasteiger partial charge in [-0.25, -0.2) is 4.98 Å². The van der Waals surface area contributed by atoms with Crippen molar-refractivity contribution in [3.63, 3.8) is 0 Å². The van der Waals surface area contributed by atoms with Crippen molar-refractivity contribution in [1.29, 1.82) is 0 Å². The lowest BCUT2D eigenvalue weighted by Gasteiger charge is -2.19. The smallest absolute Gasteiger partial charge is 0.194 e. The Labute approximate surface area is 107 Å². The molecule has 1 aromatic heterocycles. The Morgan fingerprint density at radius 2 is 2.21 bits per heavy atom. The number of aliphatic hydroxyl groups excluding tert-OH is 3. The molecule has 0 spiro atoms. The molecule has 104 valence electrons. The summed E-state index contributed by atoms with van der Waals surface area (Å²) in [6.45, 7) is -0.469. The van der Waals surface area contributed by atoms with E-state index in [0.29, 0.717) is 6.29 Å². The molecule has 0 bridgehead atoms. The first-order valence-electron chi connectivity index (χ1n) is 5.47. The normalized spacial score (nSPS) is 31.6. The summed E-state index contributed by atoms with van der Waals surface area (Å²) in [5, 5.41) is 39.9. The molecule has 0 radical (unpaired) electrons. The molecule has 9 nitrogen and oxygen atoms in total. The Bertz CT molecular complexity index is 530. The molecular formula is C10H13N3O6. The number of rotatable bonds is 3. The maximum atomic E-state index is 10.9. The van der Waals surface area contributed by atoms with Gasteiger partial charge in [0, 0.05) is 12.3 Å². The predicted molar refractivity (Wildman–Crippen MR) is 58.0 cm³/mol. The number of nitrogens with zero attached hydrogens (tertiary/aromatic N) is 3. The van der Waals surface area contributed by atoms with E-state index in [-0.39, 0.29) is 11.3 Å². The number of carbonyl (C=O) groups is 1. The molecule has 1 aromatic rings. The molecule has 1 aliphatic heterocycles. The quantitative estimate of drug-likeness (QED) is 0.273. The van der Waals surface area contributed by atoms with Crippen molar-refractivity contribution >= 4 is 6.29 Å². The summed E-state index contributed by atoms with van der Waals surface area (Å²) >= 11 is 0. The predicted octanol–water partition coefficient (Wildman–Crippen LogP) is -2.40.